The Labute approximate surface area is 154 Å². The van der Waals surface area contributed by atoms with Crippen LogP contribution in [0.25, 0.3) is 0 Å². The number of likely N-dealkylation sites (tertiary alicyclic amines) is 1. The van der Waals surface area contributed by atoms with Gasteiger partial charge in [-0.1, -0.05) is 11.6 Å². The Balaban J connectivity index is 1.55. The van der Waals surface area contributed by atoms with E-state index >= 15 is 0 Å². The van der Waals surface area contributed by atoms with Crippen molar-refractivity contribution >= 4 is 33.0 Å². The van der Waals surface area contributed by atoms with Crippen LogP contribution in [0.3, 0.4) is 0 Å². The van der Waals surface area contributed by atoms with Gasteiger partial charge in [0.1, 0.15) is 4.21 Å². The summed E-state index contributed by atoms with van der Waals surface area (Å²) in [5.41, 5.74) is 0. The van der Waals surface area contributed by atoms with E-state index in [1.165, 1.54) is 25.8 Å². The van der Waals surface area contributed by atoms with Crippen LogP contribution in [0.1, 0.15) is 25.7 Å². The van der Waals surface area contributed by atoms with Crippen molar-refractivity contribution in [3.05, 3.63) is 16.5 Å². The van der Waals surface area contributed by atoms with Crippen LogP contribution in [0.2, 0.25) is 4.34 Å². The molecule has 0 aliphatic carbocycles. The van der Waals surface area contributed by atoms with E-state index in [1.807, 2.05) is 0 Å². The SMILES string of the molecule is CN1CCCC1CCN1CCCN(S(=O)(=O)c2ccc(Cl)s2)CC1. The van der Waals surface area contributed by atoms with Gasteiger partial charge in [0, 0.05) is 25.7 Å². The number of hydrogen-bond acceptors (Lipinski definition) is 5. The third-order valence-electron chi connectivity index (χ3n) is 5.14. The van der Waals surface area contributed by atoms with E-state index in [9.17, 15) is 8.42 Å². The second-order valence-corrected chi connectivity index (χ2v) is 10.6. The maximum Gasteiger partial charge on any atom is 0.252 e. The van der Waals surface area contributed by atoms with Crippen molar-refractivity contribution in [2.24, 2.45) is 0 Å². The fourth-order valence-corrected chi connectivity index (χ4v) is 6.76. The lowest BCUT2D eigenvalue weighted by atomic mass is 10.1. The quantitative estimate of drug-likeness (QED) is 0.773. The number of rotatable bonds is 5. The molecular weight excluding hydrogens is 366 g/mol. The van der Waals surface area contributed by atoms with E-state index in [1.54, 1.807) is 16.4 Å². The minimum absolute atomic E-state index is 0.355. The van der Waals surface area contributed by atoms with Gasteiger partial charge in [0.15, 0.2) is 0 Å². The molecule has 0 radical (unpaired) electrons. The molecule has 2 fully saturated rings. The van der Waals surface area contributed by atoms with E-state index in [-0.39, 0.29) is 0 Å². The monoisotopic (exact) mass is 391 g/mol. The van der Waals surface area contributed by atoms with Crippen molar-refractivity contribution in [3.8, 4) is 0 Å². The molecular formula is C16H26ClN3O2S2. The number of thiophene rings is 1. The van der Waals surface area contributed by atoms with Gasteiger partial charge in [-0.05, 0) is 64.5 Å². The van der Waals surface area contributed by atoms with Gasteiger partial charge in [-0.2, -0.15) is 4.31 Å². The Kier molecular flexibility index (Phi) is 6.21. The second-order valence-electron chi connectivity index (χ2n) is 6.72. The number of nitrogens with zero attached hydrogens (tertiary/aromatic N) is 3. The minimum atomic E-state index is -3.39. The number of sulfonamides is 1. The van der Waals surface area contributed by atoms with E-state index in [2.05, 4.69) is 16.8 Å². The van der Waals surface area contributed by atoms with Crippen molar-refractivity contribution in [2.75, 3.05) is 46.3 Å². The summed E-state index contributed by atoms with van der Waals surface area (Å²) in [6, 6.07) is 3.96. The molecule has 0 N–H and O–H groups in total. The molecule has 0 amide bonds. The smallest absolute Gasteiger partial charge is 0.252 e. The Morgan fingerprint density at radius 3 is 2.67 bits per heavy atom. The molecule has 1 atom stereocenters. The molecule has 0 aromatic carbocycles. The maximum atomic E-state index is 12.7. The summed E-state index contributed by atoms with van der Waals surface area (Å²) in [7, 11) is -1.19. The topological polar surface area (TPSA) is 43.9 Å². The van der Waals surface area contributed by atoms with Gasteiger partial charge in [0.25, 0.3) is 10.0 Å². The third kappa shape index (κ3) is 4.31. The van der Waals surface area contributed by atoms with Crippen molar-refractivity contribution in [1.29, 1.82) is 0 Å². The van der Waals surface area contributed by atoms with Gasteiger partial charge in [-0.15, -0.1) is 11.3 Å². The summed E-state index contributed by atoms with van der Waals surface area (Å²) < 4.78 is 27.9. The molecule has 0 bridgehead atoms. The number of hydrogen-bond donors (Lipinski definition) is 0. The lowest BCUT2D eigenvalue weighted by Gasteiger charge is -2.25. The molecule has 136 valence electrons. The molecule has 2 aliphatic heterocycles. The molecule has 1 aromatic rings. The normalized spacial score (nSPS) is 25.2. The molecule has 8 heteroatoms. The van der Waals surface area contributed by atoms with E-state index in [0.29, 0.717) is 27.7 Å². The average Bonchev–Trinajstić information content (AvgIpc) is 3.07. The van der Waals surface area contributed by atoms with Crippen LogP contribution in [-0.2, 0) is 10.0 Å². The molecule has 5 nitrogen and oxygen atoms in total. The molecule has 2 aliphatic rings. The molecule has 0 spiro atoms. The predicted octanol–water partition coefficient (Wildman–Crippen LogP) is 2.58. The van der Waals surface area contributed by atoms with Gasteiger partial charge in [0.2, 0.25) is 0 Å². The zero-order valence-corrected chi connectivity index (χ0v) is 16.5. The second kappa shape index (κ2) is 8.01. The molecule has 24 heavy (non-hydrogen) atoms. The summed E-state index contributed by atoms with van der Waals surface area (Å²) in [5.74, 6) is 0. The van der Waals surface area contributed by atoms with Gasteiger partial charge < -0.3 is 9.80 Å². The molecule has 3 heterocycles. The van der Waals surface area contributed by atoms with Gasteiger partial charge in [0.05, 0.1) is 4.34 Å². The summed E-state index contributed by atoms with van der Waals surface area (Å²) in [5, 5.41) is 0. The molecule has 3 rings (SSSR count). The fourth-order valence-electron chi connectivity index (χ4n) is 3.65. The first kappa shape index (κ1) is 18.6. The first-order valence-electron chi connectivity index (χ1n) is 8.65. The van der Waals surface area contributed by atoms with Crippen LogP contribution in [0.4, 0.5) is 0 Å². The van der Waals surface area contributed by atoms with Crippen LogP contribution in [0.15, 0.2) is 16.3 Å². The predicted molar refractivity (Wildman–Crippen MR) is 99.4 cm³/mol. The van der Waals surface area contributed by atoms with Crippen LogP contribution in [0.5, 0.6) is 0 Å². The fraction of sp³-hybridized carbons (Fsp3) is 0.750. The van der Waals surface area contributed by atoms with Crippen LogP contribution >= 0.6 is 22.9 Å². The summed E-state index contributed by atoms with van der Waals surface area (Å²) in [6.07, 6.45) is 4.67. The maximum absolute atomic E-state index is 12.7. The van der Waals surface area contributed by atoms with Crippen LogP contribution < -0.4 is 0 Å². The van der Waals surface area contributed by atoms with Crippen molar-refractivity contribution in [3.63, 3.8) is 0 Å². The Morgan fingerprint density at radius 1 is 1.17 bits per heavy atom. The standard InChI is InChI=1S/C16H26ClN3O2S2/c1-18-8-2-4-14(18)7-11-19-9-3-10-20(13-12-19)24(21,22)16-6-5-15(17)23-16/h5-6,14H,2-4,7-13H2,1H3. The summed E-state index contributed by atoms with van der Waals surface area (Å²) in [6.45, 7) is 5.23. The highest BCUT2D eigenvalue weighted by atomic mass is 35.5. The van der Waals surface area contributed by atoms with Gasteiger partial charge >= 0.3 is 0 Å². The highest BCUT2D eigenvalue weighted by Crippen LogP contribution is 2.28. The number of halogens is 1. The van der Waals surface area contributed by atoms with Crippen molar-refractivity contribution in [2.45, 2.75) is 35.9 Å². The molecule has 0 saturated carbocycles. The van der Waals surface area contributed by atoms with E-state index < -0.39 is 10.0 Å². The zero-order valence-electron chi connectivity index (χ0n) is 14.2. The summed E-state index contributed by atoms with van der Waals surface area (Å²) in [4.78, 5) is 4.87. The lowest BCUT2D eigenvalue weighted by molar-refractivity contribution is 0.229. The lowest BCUT2D eigenvalue weighted by Crippen LogP contribution is -2.36. The average molecular weight is 392 g/mol. The Hall–Kier alpha value is -0.180. The minimum Gasteiger partial charge on any atom is -0.303 e. The summed E-state index contributed by atoms with van der Waals surface area (Å²) >= 11 is 7.04. The molecule has 1 unspecified atom stereocenters. The Morgan fingerprint density at radius 2 is 2.00 bits per heavy atom. The van der Waals surface area contributed by atoms with E-state index in [4.69, 9.17) is 11.6 Å². The van der Waals surface area contributed by atoms with Gasteiger partial charge in [-0.3, -0.25) is 0 Å². The highest BCUT2D eigenvalue weighted by molar-refractivity contribution is 7.91. The van der Waals surface area contributed by atoms with Crippen molar-refractivity contribution < 1.29 is 8.42 Å². The third-order valence-corrected chi connectivity index (χ3v) is 8.74. The molecule has 2 saturated heterocycles. The molecule has 1 aromatic heterocycles. The van der Waals surface area contributed by atoms with E-state index in [0.717, 1.165) is 37.4 Å². The van der Waals surface area contributed by atoms with Gasteiger partial charge in [-0.25, -0.2) is 8.42 Å². The zero-order chi connectivity index (χ0) is 17.2. The first-order valence-corrected chi connectivity index (χ1v) is 11.3. The first-order chi connectivity index (χ1) is 11.5. The van der Waals surface area contributed by atoms with Crippen LogP contribution in [0, 0.1) is 0 Å². The van der Waals surface area contributed by atoms with Crippen molar-refractivity contribution in [1.82, 2.24) is 14.1 Å². The van der Waals surface area contributed by atoms with Crippen LogP contribution in [-0.4, -0.2) is 74.9 Å². The largest absolute Gasteiger partial charge is 0.303 e. The highest BCUT2D eigenvalue weighted by Gasteiger charge is 2.28. The Bertz CT molecular complexity index is 650.